The minimum atomic E-state index is -0.00441. The highest BCUT2D eigenvalue weighted by Crippen LogP contribution is 2.35. The van der Waals surface area contributed by atoms with E-state index in [-0.39, 0.29) is 30.7 Å². The molecule has 31 heavy (non-hydrogen) atoms. The number of thiazole rings is 1. The van der Waals surface area contributed by atoms with Gasteiger partial charge in [-0.3, -0.25) is 14.3 Å². The van der Waals surface area contributed by atoms with Gasteiger partial charge in [-0.25, -0.2) is 9.97 Å². The van der Waals surface area contributed by atoms with Crippen LogP contribution in [0.1, 0.15) is 9.67 Å². The van der Waals surface area contributed by atoms with E-state index in [9.17, 15) is 4.79 Å². The molecule has 0 aliphatic heterocycles. The van der Waals surface area contributed by atoms with Crippen molar-refractivity contribution in [2.45, 2.75) is 0 Å². The first-order valence-electron chi connectivity index (χ1n) is 8.84. The Morgan fingerprint density at radius 3 is 2.68 bits per heavy atom. The molecule has 0 saturated heterocycles. The summed E-state index contributed by atoms with van der Waals surface area (Å²) in [5.41, 5.74) is 4.68. The molecule has 5 aromatic heterocycles. The summed E-state index contributed by atoms with van der Waals surface area (Å²) in [5.74, 6) is -0.00441. The lowest BCUT2D eigenvalue weighted by atomic mass is 10.1. The molecule has 0 saturated carbocycles. The third-order valence-electron chi connectivity index (χ3n) is 4.58. The van der Waals surface area contributed by atoms with E-state index < -0.39 is 0 Å². The number of rotatable bonds is 4. The molecule has 11 heteroatoms. The number of aromatic amines is 1. The number of carbonyl (C=O) groups is 1. The summed E-state index contributed by atoms with van der Waals surface area (Å²) in [4.78, 5) is 24.4. The van der Waals surface area contributed by atoms with Crippen LogP contribution in [0.25, 0.3) is 38.0 Å². The molecule has 1 amide bonds. The smallest absolute Gasteiger partial charge is 0.263 e. The molecular formula is C20H18Cl2N6OS2. The molecule has 0 fully saturated rings. The van der Waals surface area contributed by atoms with Gasteiger partial charge >= 0.3 is 0 Å². The van der Waals surface area contributed by atoms with Crippen molar-refractivity contribution in [2.75, 3.05) is 14.1 Å². The Morgan fingerprint density at radius 1 is 1.10 bits per heavy atom. The van der Waals surface area contributed by atoms with E-state index in [4.69, 9.17) is 0 Å². The Labute approximate surface area is 198 Å². The zero-order valence-corrected chi connectivity index (χ0v) is 19.7. The Bertz CT molecular complexity index is 1320. The second-order valence-electron chi connectivity index (χ2n) is 6.65. The molecule has 0 aliphatic carbocycles. The SMILES string of the molecule is CN(C)C(=O)c1ccc(-c2[nH]ncc2-c2ccc3ncc(-c4nccs4)n3c2)s1.Cl.Cl. The lowest BCUT2D eigenvalue weighted by Crippen LogP contribution is -2.20. The van der Waals surface area contributed by atoms with E-state index in [0.29, 0.717) is 4.88 Å². The van der Waals surface area contributed by atoms with Gasteiger partial charge in [0.2, 0.25) is 0 Å². The molecule has 0 unspecified atom stereocenters. The number of nitrogens with zero attached hydrogens (tertiary/aromatic N) is 5. The van der Waals surface area contributed by atoms with Crippen LogP contribution in [0.4, 0.5) is 0 Å². The standard InChI is InChI=1S/C20H16N6OS2.2ClH/c1-25(2)20(27)16-5-4-15(29-16)18-13(9-23-24-18)12-3-6-17-22-10-14(26(17)11-12)19-21-7-8-28-19;;/h3-11H,1-2H3,(H,23,24);2*1H. The van der Waals surface area contributed by atoms with Gasteiger partial charge in [0.1, 0.15) is 16.3 Å². The molecule has 0 aliphatic rings. The third kappa shape index (κ3) is 4.09. The predicted molar refractivity (Wildman–Crippen MR) is 130 cm³/mol. The number of H-pyrrole nitrogens is 1. The van der Waals surface area contributed by atoms with Crippen molar-refractivity contribution in [3.8, 4) is 32.4 Å². The van der Waals surface area contributed by atoms with Crippen molar-refractivity contribution < 1.29 is 4.79 Å². The van der Waals surface area contributed by atoms with E-state index >= 15 is 0 Å². The molecule has 160 valence electrons. The van der Waals surface area contributed by atoms with Crippen molar-refractivity contribution in [1.29, 1.82) is 0 Å². The van der Waals surface area contributed by atoms with Crippen LogP contribution in [-0.2, 0) is 0 Å². The van der Waals surface area contributed by atoms with E-state index in [1.807, 2.05) is 52.6 Å². The number of carbonyl (C=O) groups excluding carboxylic acids is 1. The lowest BCUT2D eigenvalue weighted by Gasteiger charge is -2.07. The van der Waals surface area contributed by atoms with Crippen molar-refractivity contribution >= 4 is 59.0 Å². The number of fused-ring (bicyclic) bond motifs is 1. The van der Waals surface area contributed by atoms with Crippen molar-refractivity contribution in [3.05, 3.63) is 59.3 Å². The number of hydrogen-bond acceptors (Lipinski definition) is 6. The van der Waals surface area contributed by atoms with Crippen molar-refractivity contribution in [2.24, 2.45) is 0 Å². The third-order valence-corrected chi connectivity index (χ3v) is 6.46. The Kier molecular flexibility index (Phi) is 6.80. The van der Waals surface area contributed by atoms with Crippen molar-refractivity contribution in [1.82, 2.24) is 29.5 Å². The van der Waals surface area contributed by atoms with Gasteiger partial charge in [0.25, 0.3) is 5.91 Å². The number of halogens is 2. The van der Waals surface area contributed by atoms with Gasteiger partial charge in [0, 0.05) is 43.0 Å². The molecule has 0 bridgehead atoms. The zero-order chi connectivity index (χ0) is 20.0. The zero-order valence-electron chi connectivity index (χ0n) is 16.5. The average molecular weight is 493 g/mol. The Morgan fingerprint density at radius 2 is 1.94 bits per heavy atom. The maximum absolute atomic E-state index is 12.2. The molecule has 1 N–H and O–H groups in total. The number of pyridine rings is 1. The number of aromatic nitrogens is 5. The topological polar surface area (TPSA) is 79.2 Å². The molecular weight excluding hydrogens is 475 g/mol. The average Bonchev–Trinajstić information content (AvgIpc) is 3.52. The van der Waals surface area contributed by atoms with Crippen LogP contribution in [-0.4, -0.2) is 49.5 Å². The summed E-state index contributed by atoms with van der Waals surface area (Å²) in [6, 6.07) is 7.82. The lowest BCUT2D eigenvalue weighted by molar-refractivity contribution is 0.0832. The molecule has 0 radical (unpaired) electrons. The minimum Gasteiger partial charge on any atom is -0.344 e. The maximum Gasteiger partial charge on any atom is 0.263 e. The number of hydrogen-bond donors (Lipinski definition) is 1. The Balaban J connectivity index is 0.00000136. The highest BCUT2D eigenvalue weighted by molar-refractivity contribution is 7.17. The maximum atomic E-state index is 12.2. The minimum absolute atomic E-state index is 0. The normalized spacial score (nSPS) is 10.5. The quantitative estimate of drug-likeness (QED) is 0.377. The van der Waals surface area contributed by atoms with E-state index in [2.05, 4.69) is 20.2 Å². The van der Waals surface area contributed by atoms with Crippen LogP contribution in [0, 0.1) is 0 Å². The fourth-order valence-electron chi connectivity index (χ4n) is 3.15. The van der Waals surface area contributed by atoms with E-state index in [0.717, 1.165) is 38.0 Å². The van der Waals surface area contributed by atoms with Gasteiger partial charge in [-0.1, -0.05) is 0 Å². The molecule has 5 heterocycles. The molecule has 5 aromatic rings. The van der Waals surface area contributed by atoms with Gasteiger partial charge in [-0.05, 0) is 24.3 Å². The molecule has 5 rings (SSSR count). The summed E-state index contributed by atoms with van der Waals surface area (Å²) in [7, 11) is 3.51. The first-order valence-corrected chi connectivity index (χ1v) is 10.5. The first-order chi connectivity index (χ1) is 14.1. The summed E-state index contributed by atoms with van der Waals surface area (Å²) in [5, 5.41) is 10.2. The molecule has 7 nitrogen and oxygen atoms in total. The second kappa shape index (κ2) is 9.19. The number of nitrogens with one attached hydrogen (secondary N) is 1. The van der Waals surface area contributed by atoms with E-state index in [1.165, 1.54) is 11.3 Å². The molecule has 0 spiro atoms. The highest BCUT2D eigenvalue weighted by atomic mass is 35.5. The van der Waals surface area contributed by atoms with Gasteiger partial charge in [0.15, 0.2) is 0 Å². The van der Waals surface area contributed by atoms with E-state index in [1.54, 1.807) is 36.5 Å². The van der Waals surface area contributed by atoms with Crippen LogP contribution in [0.15, 0.2) is 54.4 Å². The molecule has 0 aromatic carbocycles. The van der Waals surface area contributed by atoms with Gasteiger partial charge in [-0.2, -0.15) is 5.10 Å². The molecule has 0 atom stereocenters. The van der Waals surface area contributed by atoms with Crippen LogP contribution in [0.2, 0.25) is 0 Å². The summed E-state index contributed by atoms with van der Waals surface area (Å²) in [6.07, 6.45) is 7.49. The van der Waals surface area contributed by atoms with Crippen LogP contribution >= 0.6 is 47.5 Å². The monoisotopic (exact) mass is 492 g/mol. The van der Waals surface area contributed by atoms with Gasteiger partial charge in [0.05, 0.1) is 27.8 Å². The van der Waals surface area contributed by atoms with Gasteiger partial charge < -0.3 is 4.90 Å². The summed E-state index contributed by atoms with van der Waals surface area (Å²) in [6.45, 7) is 0. The highest BCUT2D eigenvalue weighted by Gasteiger charge is 2.17. The number of thiophene rings is 1. The van der Waals surface area contributed by atoms with Crippen LogP contribution in [0.3, 0.4) is 0 Å². The predicted octanol–water partition coefficient (Wildman–Crippen LogP) is 5.12. The summed E-state index contributed by atoms with van der Waals surface area (Å²) >= 11 is 3.03. The largest absolute Gasteiger partial charge is 0.344 e. The number of amides is 1. The first kappa shape index (κ1) is 23.0. The fraction of sp³-hybridized carbons (Fsp3) is 0.100. The second-order valence-corrected chi connectivity index (χ2v) is 8.63. The fourth-order valence-corrected chi connectivity index (χ4v) is 4.83. The van der Waals surface area contributed by atoms with Crippen molar-refractivity contribution in [3.63, 3.8) is 0 Å². The van der Waals surface area contributed by atoms with Crippen LogP contribution in [0.5, 0.6) is 0 Å². The van der Waals surface area contributed by atoms with Gasteiger partial charge in [-0.15, -0.1) is 47.5 Å². The Hall–Kier alpha value is -2.72. The number of imidazole rings is 1. The van der Waals surface area contributed by atoms with Crippen LogP contribution < -0.4 is 0 Å². The summed E-state index contributed by atoms with van der Waals surface area (Å²) < 4.78 is 2.04.